The lowest BCUT2D eigenvalue weighted by Gasteiger charge is -2.37. The van der Waals surface area contributed by atoms with Gasteiger partial charge in [-0.1, -0.05) is 0 Å². The number of hydrogen-bond donors (Lipinski definition) is 1. The summed E-state index contributed by atoms with van der Waals surface area (Å²) in [5.41, 5.74) is 4.43. The smallest absolute Gasteiger partial charge is 0.410 e. The Balaban J connectivity index is 2.50. The highest BCUT2D eigenvalue weighted by Gasteiger charge is 2.32. The molecule has 19 heavy (non-hydrogen) atoms. The molecular formula is C13H25N3O3. The zero-order valence-electron chi connectivity index (χ0n) is 12.5. The molecule has 1 heterocycles. The third kappa shape index (κ3) is 4.70. The summed E-state index contributed by atoms with van der Waals surface area (Å²) in [4.78, 5) is 27.2. The standard InChI is InChI=1S/C13H25N3O3/c1-12(2,3)19-11(18)16-8-6-15(7-9-16)10(17)13(4,5)14/h6-9,14H2,1-5H3. The van der Waals surface area contributed by atoms with E-state index in [2.05, 4.69) is 0 Å². The summed E-state index contributed by atoms with van der Waals surface area (Å²) in [6, 6.07) is 0. The van der Waals surface area contributed by atoms with Crippen LogP contribution >= 0.6 is 0 Å². The zero-order chi connectivity index (χ0) is 14.8. The van der Waals surface area contributed by atoms with Crippen molar-refractivity contribution in [3.8, 4) is 0 Å². The van der Waals surface area contributed by atoms with Crippen LogP contribution in [0.5, 0.6) is 0 Å². The summed E-state index contributed by atoms with van der Waals surface area (Å²) >= 11 is 0. The van der Waals surface area contributed by atoms with Gasteiger partial charge in [0.25, 0.3) is 0 Å². The van der Waals surface area contributed by atoms with Crippen molar-refractivity contribution in [3.05, 3.63) is 0 Å². The maximum atomic E-state index is 12.0. The topological polar surface area (TPSA) is 75.9 Å². The molecule has 1 aliphatic heterocycles. The quantitative estimate of drug-likeness (QED) is 0.765. The third-order valence-corrected chi connectivity index (χ3v) is 2.77. The lowest BCUT2D eigenvalue weighted by Crippen LogP contribution is -2.58. The minimum Gasteiger partial charge on any atom is -0.444 e. The number of carbonyl (C=O) groups is 2. The Labute approximate surface area is 114 Å². The molecule has 2 N–H and O–H groups in total. The number of ether oxygens (including phenoxy) is 1. The van der Waals surface area contributed by atoms with Gasteiger partial charge in [-0.15, -0.1) is 0 Å². The minimum absolute atomic E-state index is 0.0867. The van der Waals surface area contributed by atoms with Gasteiger partial charge in [0.2, 0.25) is 5.91 Å². The average Bonchev–Trinajstić information content (AvgIpc) is 2.24. The van der Waals surface area contributed by atoms with Gasteiger partial charge in [-0.2, -0.15) is 0 Å². The van der Waals surface area contributed by atoms with Gasteiger partial charge >= 0.3 is 6.09 Å². The van der Waals surface area contributed by atoms with Crippen molar-refractivity contribution < 1.29 is 14.3 Å². The highest BCUT2D eigenvalue weighted by molar-refractivity contribution is 5.85. The summed E-state index contributed by atoms with van der Waals surface area (Å²) in [6.45, 7) is 10.8. The molecule has 0 aliphatic carbocycles. The number of nitrogens with zero attached hydrogens (tertiary/aromatic N) is 2. The van der Waals surface area contributed by atoms with Crippen molar-refractivity contribution in [2.75, 3.05) is 26.2 Å². The fourth-order valence-electron chi connectivity index (χ4n) is 1.83. The molecule has 6 heteroatoms. The summed E-state index contributed by atoms with van der Waals surface area (Å²) in [5, 5.41) is 0. The van der Waals surface area contributed by atoms with Crippen LogP contribution in [0.2, 0.25) is 0 Å². The molecule has 2 amide bonds. The molecule has 6 nitrogen and oxygen atoms in total. The van der Waals surface area contributed by atoms with Crippen LogP contribution in [0, 0.1) is 0 Å². The second-order valence-electron chi connectivity index (χ2n) is 6.48. The Morgan fingerprint density at radius 1 is 0.947 bits per heavy atom. The first kappa shape index (κ1) is 15.8. The van der Waals surface area contributed by atoms with E-state index < -0.39 is 11.1 Å². The highest BCUT2D eigenvalue weighted by Crippen LogP contribution is 2.13. The van der Waals surface area contributed by atoms with E-state index in [9.17, 15) is 9.59 Å². The third-order valence-electron chi connectivity index (χ3n) is 2.77. The maximum absolute atomic E-state index is 12.0. The number of carbonyl (C=O) groups excluding carboxylic acids is 2. The van der Waals surface area contributed by atoms with Crippen molar-refractivity contribution in [3.63, 3.8) is 0 Å². The molecule has 1 rings (SSSR count). The Kier molecular flexibility index (Phi) is 4.45. The molecule has 1 aliphatic rings. The molecule has 0 bridgehead atoms. The van der Waals surface area contributed by atoms with Crippen LogP contribution in [0.4, 0.5) is 4.79 Å². The number of piperazine rings is 1. The van der Waals surface area contributed by atoms with E-state index in [1.165, 1.54) is 0 Å². The fraction of sp³-hybridized carbons (Fsp3) is 0.846. The Bertz CT molecular complexity index is 347. The zero-order valence-corrected chi connectivity index (χ0v) is 12.5. The van der Waals surface area contributed by atoms with E-state index >= 15 is 0 Å². The predicted octanol–water partition coefficient (Wildman–Crippen LogP) is 0.803. The van der Waals surface area contributed by atoms with E-state index in [-0.39, 0.29) is 12.0 Å². The van der Waals surface area contributed by atoms with Gasteiger partial charge in [-0.05, 0) is 34.6 Å². The molecule has 1 fully saturated rings. The largest absolute Gasteiger partial charge is 0.444 e. The number of rotatable bonds is 1. The average molecular weight is 271 g/mol. The van der Waals surface area contributed by atoms with E-state index in [1.54, 1.807) is 23.6 Å². The van der Waals surface area contributed by atoms with E-state index in [4.69, 9.17) is 10.5 Å². The molecular weight excluding hydrogens is 246 g/mol. The number of hydrogen-bond acceptors (Lipinski definition) is 4. The summed E-state index contributed by atoms with van der Waals surface area (Å²) in [7, 11) is 0. The molecule has 0 aromatic carbocycles. The van der Waals surface area contributed by atoms with Crippen LogP contribution < -0.4 is 5.73 Å². The Hall–Kier alpha value is -1.30. The molecule has 0 aromatic rings. The van der Waals surface area contributed by atoms with Crippen LogP contribution in [0.3, 0.4) is 0 Å². The summed E-state index contributed by atoms with van der Waals surface area (Å²) in [5.74, 6) is -0.0867. The van der Waals surface area contributed by atoms with Crippen LogP contribution in [-0.4, -0.2) is 59.1 Å². The second-order valence-corrected chi connectivity index (χ2v) is 6.48. The predicted molar refractivity (Wildman–Crippen MR) is 72.7 cm³/mol. The lowest BCUT2D eigenvalue weighted by atomic mass is 10.1. The maximum Gasteiger partial charge on any atom is 0.410 e. The molecule has 110 valence electrons. The first-order valence-corrected chi connectivity index (χ1v) is 6.57. The van der Waals surface area contributed by atoms with E-state index in [0.717, 1.165) is 0 Å². The van der Waals surface area contributed by atoms with Crippen molar-refractivity contribution in [1.82, 2.24) is 9.80 Å². The lowest BCUT2D eigenvalue weighted by molar-refractivity contribution is -0.137. The van der Waals surface area contributed by atoms with Gasteiger partial charge in [-0.3, -0.25) is 4.79 Å². The van der Waals surface area contributed by atoms with Gasteiger partial charge < -0.3 is 20.3 Å². The van der Waals surface area contributed by atoms with Crippen LogP contribution in [0.1, 0.15) is 34.6 Å². The Morgan fingerprint density at radius 2 is 1.37 bits per heavy atom. The molecule has 0 spiro atoms. The van der Waals surface area contributed by atoms with Gasteiger partial charge in [0.1, 0.15) is 5.60 Å². The van der Waals surface area contributed by atoms with Gasteiger partial charge in [-0.25, -0.2) is 4.79 Å². The molecule has 0 unspecified atom stereocenters. The molecule has 0 aromatic heterocycles. The highest BCUT2D eigenvalue weighted by atomic mass is 16.6. The number of amides is 2. The fourth-order valence-corrected chi connectivity index (χ4v) is 1.83. The summed E-state index contributed by atoms with van der Waals surface area (Å²) in [6.07, 6.45) is -0.327. The van der Waals surface area contributed by atoms with Crippen molar-refractivity contribution in [2.24, 2.45) is 5.73 Å². The minimum atomic E-state index is -0.867. The Morgan fingerprint density at radius 3 is 1.74 bits per heavy atom. The monoisotopic (exact) mass is 271 g/mol. The normalized spacial score (nSPS) is 17.4. The van der Waals surface area contributed by atoms with E-state index in [1.807, 2.05) is 20.8 Å². The second kappa shape index (κ2) is 5.36. The van der Waals surface area contributed by atoms with Crippen molar-refractivity contribution >= 4 is 12.0 Å². The first-order chi connectivity index (χ1) is 8.50. The van der Waals surface area contributed by atoms with Gasteiger partial charge in [0, 0.05) is 26.2 Å². The number of nitrogens with two attached hydrogens (primary N) is 1. The molecule has 0 saturated carbocycles. The molecule has 0 atom stereocenters. The SMILES string of the molecule is CC(C)(C)OC(=O)N1CCN(C(=O)C(C)(C)N)CC1. The van der Waals surface area contributed by atoms with Gasteiger partial charge in [0.15, 0.2) is 0 Å². The van der Waals surface area contributed by atoms with Crippen molar-refractivity contribution in [1.29, 1.82) is 0 Å². The van der Waals surface area contributed by atoms with Crippen molar-refractivity contribution in [2.45, 2.75) is 45.8 Å². The summed E-state index contributed by atoms with van der Waals surface area (Å²) < 4.78 is 5.30. The van der Waals surface area contributed by atoms with Crippen LogP contribution in [0.25, 0.3) is 0 Å². The van der Waals surface area contributed by atoms with E-state index in [0.29, 0.717) is 26.2 Å². The van der Waals surface area contributed by atoms with Gasteiger partial charge in [0.05, 0.1) is 5.54 Å². The molecule has 1 saturated heterocycles. The van der Waals surface area contributed by atoms with Crippen LogP contribution in [-0.2, 0) is 9.53 Å². The van der Waals surface area contributed by atoms with Crippen LogP contribution in [0.15, 0.2) is 0 Å². The molecule has 0 radical (unpaired) electrons. The first-order valence-electron chi connectivity index (χ1n) is 6.57.